The molecule has 0 amide bonds. The predicted molar refractivity (Wildman–Crippen MR) is 220 cm³/mol. The second kappa shape index (κ2) is 35.3. The van der Waals surface area contributed by atoms with Gasteiger partial charge >= 0.3 is 16.4 Å². The van der Waals surface area contributed by atoms with E-state index in [4.69, 9.17) is 23.5 Å². The van der Waals surface area contributed by atoms with Gasteiger partial charge in [0.15, 0.2) is 6.29 Å². The highest BCUT2D eigenvalue weighted by atomic mass is 32.3. The van der Waals surface area contributed by atoms with Crippen molar-refractivity contribution in [1.29, 1.82) is 0 Å². The van der Waals surface area contributed by atoms with E-state index in [1.165, 1.54) is 70.6 Å². The van der Waals surface area contributed by atoms with E-state index in [0.717, 1.165) is 70.6 Å². The third-order valence-corrected chi connectivity index (χ3v) is 10.2. The standard InChI is InChI=1S/C43H78O12S/c1-3-5-7-9-11-13-15-16-17-18-19-20-21-23-25-27-29-31-33-51-35-37(53-39(45)32-30-28-26-24-22-14-12-10-8-6-4-2)36-52-43-41(47)42(55-56(48,49)50)40(46)38(34-44)54-43/h10-13,16-17,37-38,40-44,46-47H,3-9,14-15,18-36H2,1-2H3,(H,48,49,50)/b12-10-,13-11-,17-16-. The SMILES string of the molecule is CCCC/C=C\CCCCCCCC(=O)OC(COCCCCCCCCCC/C=C\C/C=C\CCCCC)COC1OC(CO)C(O)C(OS(=O)(=O)O)C1O. The van der Waals surface area contributed by atoms with Crippen LogP contribution in [0.25, 0.3) is 0 Å². The number of aliphatic hydroxyl groups excluding tert-OH is 3. The minimum atomic E-state index is -5.06. The van der Waals surface area contributed by atoms with E-state index in [-0.39, 0.29) is 19.6 Å². The van der Waals surface area contributed by atoms with E-state index in [0.29, 0.717) is 13.0 Å². The van der Waals surface area contributed by atoms with Crippen molar-refractivity contribution >= 4 is 16.4 Å². The lowest BCUT2D eigenvalue weighted by molar-refractivity contribution is -0.301. The van der Waals surface area contributed by atoms with Crippen molar-refractivity contribution in [3.8, 4) is 0 Å². The maximum Gasteiger partial charge on any atom is 0.397 e. The lowest BCUT2D eigenvalue weighted by Crippen LogP contribution is -2.60. The molecule has 0 aliphatic carbocycles. The molecular weight excluding hydrogens is 741 g/mol. The summed E-state index contributed by atoms with van der Waals surface area (Å²) >= 11 is 0. The third-order valence-electron chi connectivity index (χ3n) is 9.73. The Morgan fingerprint density at radius 2 is 1.20 bits per heavy atom. The van der Waals surface area contributed by atoms with Crippen LogP contribution in [0.15, 0.2) is 36.5 Å². The molecule has 1 heterocycles. The van der Waals surface area contributed by atoms with E-state index < -0.39 is 59.8 Å². The first-order chi connectivity index (χ1) is 27.1. The predicted octanol–water partition coefficient (Wildman–Crippen LogP) is 8.63. The lowest BCUT2D eigenvalue weighted by atomic mass is 9.99. The van der Waals surface area contributed by atoms with Crippen LogP contribution < -0.4 is 0 Å². The maximum atomic E-state index is 12.8. The molecule has 1 saturated heterocycles. The summed E-state index contributed by atoms with van der Waals surface area (Å²) in [6, 6.07) is 0. The van der Waals surface area contributed by atoms with Crippen LogP contribution >= 0.6 is 0 Å². The van der Waals surface area contributed by atoms with Crippen LogP contribution in [0, 0.1) is 0 Å². The Kier molecular flexibility index (Phi) is 33.0. The number of unbranched alkanes of at least 4 members (excludes halogenated alkanes) is 18. The molecule has 1 aliphatic rings. The molecule has 0 aromatic carbocycles. The molecule has 1 rings (SSSR count). The molecule has 6 atom stereocenters. The second-order valence-electron chi connectivity index (χ2n) is 14.9. The number of allylic oxidation sites excluding steroid dienone is 6. The highest BCUT2D eigenvalue weighted by Crippen LogP contribution is 2.26. The van der Waals surface area contributed by atoms with Gasteiger partial charge in [0, 0.05) is 13.0 Å². The Morgan fingerprint density at radius 1 is 0.679 bits per heavy atom. The highest BCUT2D eigenvalue weighted by Gasteiger charge is 2.48. The Hall–Kier alpha value is -1.68. The van der Waals surface area contributed by atoms with Gasteiger partial charge in [-0.25, -0.2) is 4.18 Å². The summed E-state index contributed by atoms with van der Waals surface area (Å²) in [5.74, 6) is -0.413. The third kappa shape index (κ3) is 28.7. The van der Waals surface area contributed by atoms with Crippen molar-refractivity contribution in [3.63, 3.8) is 0 Å². The summed E-state index contributed by atoms with van der Waals surface area (Å²) in [5, 5.41) is 30.6. The van der Waals surface area contributed by atoms with Gasteiger partial charge < -0.3 is 34.3 Å². The first kappa shape index (κ1) is 52.3. The van der Waals surface area contributed by atoms with E-state index >= 15 is 0 Å². The normalized spacial score (nSPS) is 21.1. The van der Waals surface area contributed by atoms with Gasteiger partial charge in [0.1, 0.15) is 30.5 Å². The van der Waals surface area contributed by atoms with Crippen LogP contribution in [0.4, 0.5) is 0 Å². The minimum Gasteiger partial charge on any atom is -0.457 e. The number of rotatable bonds is 37. The number of carbonyl (C=O) groups excluding carboxylic acids is 1. The molecule has 0 aromatic heterocycles. The molecule has 1 fully saturated rings. The van der Waals surface area contributed by atoms with Gasteiger partial charge in [0.2, 0.25) is 0 Å². The largest absolute Gasteiger partial charge is 0.457 e. The van der Waals surface area contributed by atoms with Crippen molar-refractivity contribution in [2.24, 2.45) is 0 Å². The van der Waals surface area contributed by atoms with Gasteiger partial charge in [-0.3, -0.25) is 9.35 Å². The zero-order valence-electron chi connectivity index (χ0n) is 34.7. The molecule has 56 heavy (non-hydrogen) atoms. The van der Waals surface area contributed by atoms with Crippen LogP contribution in [-0.4, -0.2) is 97.5 Å². The molecule has 0 radical (unpaired) electrons. The minimum absolute atomic E-state index is 0.0288. The summed E-state index contributed by atoms with van der Waals surface area (Å²) in [6.45, 7) is 3.89. The zero-order valence-corrected chi connectivity index (χ0v) is 35.5. The molecule has 0 spiro atoms. The molecule has 328 valence electrons. The van der Waals surface area contributed by atoms with Crippen LogP contribution in [0.5, 0.6) is 0 Å². The fourth-order valence-corrected chi connectivity index (χ4v) is 6.90. The molecule has 0 bridgehead atoms. The average Bonchev–Trinajstić information content (AvgIpc) is 3.17. The quantitative estimate of drug-likeness (QED) is 0.0203. The van der Waals surface area contributed by atoms with Crippen molar-refractivity contribution in [2.45, 2.75) is 205 Å². The number of hydrogen-bond acceptors (Lipinski definition) is 11. The van der Waals surface area contributed by atoms with Gasteiger partial charge in [-0.15, -0.1) is 0 Å². The second-order valence-corrected chi connectivity index (χ2v) is 16.0. The molecular formula is C43H78O12S. The fourth-order valence-electron chi connectivity index (χ4n) is 6.39. The summed E-state index contributed by atoms with van der Waals surface area (Å²) in [4.78, 5) is 12.8. The Balaban J connectivity index is 2.43. The van der Waals surface area contributed by atoms with Crippen molar-refractivity contribution in [1.82, 2.24) is 0 Å². The number of ether oxygens (including phenoxy) is 4. The Morgan fingerprint density at radius 3 is 1.77 bits per heavy atom. The summed E-state index contributed by atoms with van der Waals surface area (Å²) in [6.07, 6.45) is 30.4. The molecule has 13 heteroatoms. The van der Waals surface area contributed by atoms with Crippen LogP contribution in [0.3, 0.4) is 0 Å². The van der Waals surface area contributed by atoms with E-state index in [1.807, 2.05) is 0 Å². The van der Waals surface area contributed by atoms with Crippen molar-refractivity contribution in [3.05, 3.63) is 36.5 Å². The van der Waals surface area contributed by atoms with Crippen molar-refractivity contribution < 1.29 is 56.2 Å². The molecule has 0 aromatic rings. The maximum absolute atomic E-state index is 12.8. The first-order valence-corrected chi connectivity index (χ1v) is 23.1. The average molecular weight is 819 g/mol. The van der Waals surface area contributed by atoms with Gasteiger partial charge in [0.05, 0.1) is 19.8 Å². The Bertz CT molecular complexity index is 1130. The number of hydrogen-bond donors (Lipinski definition) is 4. The van der Waals surface area contributed by atoms with E-state index in [9.17, 15) is 28.5 Å². The van der Waals surface area contributed by atoms with Gasteiger partial charge in [0.25, 0.3) is 0 Å². The van der Waals surface area contributed by atoms with E-state index in [1.54, 1.807) is 0 Å². The van der Waals surface area contributed by atoms with Crippen LogP contribution in [0.2, 0.25) is 0 Å². The van der Waals surface area contributed by atoms with Crippen LogP contribution in [-0.2, 0) is 38.3 Å². The fraction of sp³-hybridized carbons (Fsp3) is 0.837. The molecule has 1 aliphatic heterocycles. The van der Waals surface area contributed by atoms with Gasteiger partial charge in [-0.2, -0.15) is 8.42 Å². The first-order valence-electron chi connectivity index (χ1n) is 21.7. The van der Waals surface area contributed by atoms with Crippen molar-refractivity contribution in [2.75, 3.05) is 26.4 Å². The number of carbonyl (C=O) groups is 1. The summed E-state index contributed by atoms with van der Waals surface area (Å²) in [7, 11) is -5.06. The molecule has 0 saturated carbocycles. The lowest BCUT2D eigenvalue weighted by Gasteiger charge is -2.41. The molecule has 6 unspecified atom stereocenters. The summed E-state index contributed by atoms with van der Waals surface area (Å²) in [5.41, 5.74) is 0. The molecule has 4 N–H and O–H groups in total. The smallest absolute Gasteiger partial charge is 0.397 e. The van der Waals surface area contributed by atoms with Gasteiger partial charge in [-0.1, -0.05) is 134 Å². The number of aliphatic hydroxyl groups is 3. The van der Waals surface area contributed by atoms with Gasteiger partial charge in [-0.05, 0) is 64.2 Å². The molecule has 12 nitrogen and oxygen atoms in total. The monoisotopic (exact) mass is 819 g/mol. The highest BCUT2D eigenvalue weighted by molar-refractivity contribution is 7.80. The zero-order chi connectivity index (χ0) is 41.1. The van der Waals surface area contributed by atoms with Crippen LogP contribution in [0.1, 0.15) is 168 Å². The number of esters is 1. The summed E-state index contributed by atoms with van der Waals surface area (Å²) < 4.78 is 58.9. The topological polar surface area (TPSA) is 178 Å². The van der Waals surface area contributed by atoms with E-state index in [2.05, 4.69) is 54.5 Å². The Labute approximate surface area is 339 Å².